The van der Waals surface area contributed by atoms with Crippen LogP contribution in [0.2, 0.25) is 0 Å². The highest BCUT2D eigenvalue weighted by Gasteiger charge is 2.56. The lowest BCUT2D eigenvalue weighted by Crippen LogP contribution is -2.73. The van der Waals surface area contributed by atoms with E-state index in [-0.39, 0.29) is 11.9 Å². The van der Waals surface area contributed by atoms with Gasteiger partial charge in [0.15, 0.2) is 0 Å². The molecule has 17 heavy (non-hydrogen) atoms. The number of fused-ring (bicyclic) bond motifs is 1. The molecule has 3 fully saturated rings. The number of nitrogens with two attached hydrogens (primary N) is 1. The molecule has 0 aromatic heterocycles. The van der Waals surface area contributed by atoms with Gasteiger partial charge in [-0.2, -0.15) is 0 Å². The smallest absolute Gasteiger partial charge is 0.235 e. The van der Waals surface area contributed by atoms with Gasteiger partial charge in [0.25, 0.3) is 0 Å². The van der Waals surface area contributed by atoms with Crippen molar-refractivity contribution >= 4 is 5.91 Å². The van der Waals surface area contributed by atoms with Gasteiger partial charge in [0, 0.05) is 12.6 Å². The van der Waals surface area contributed by atoms with Crippen molar-refractivity contribution in [1.82, 2.24) is 4.90 Å². The summed E-state index contributed by atoms with van der Waals surface area (Å²) in [6.45, 7) is 5.76. The van der Waals surface area contributed by atoms with Crippen LogP contribution in [-0.4, -0.2) is 29.4 Å². The Hall–Kier alpha value is -0.570. The number of likely N-dealkylation sites (tertiary alicyclic amines) is 1. The van der Waals surface area contributed by atoms with Crippen molar-refractivity contribution in [1.29, 1.82) is 0 Å². The van der Waals surface area contributed by atoms with Crippen LogP contribution in [0, 0.1) is 23.7 Å². The Kier molecular flexibility index (Phi) is 2.69. The van der Waals surface area contributed by atoms with E-state index in [2.05, 4.69) is 18.7 Å². The predicted octanol–water partition coefficient (Wildman–Crippen LogP) is 1.62. The Labute approximate surface area is 104 Å². The van der Waals surface area contributed by atoms with Crippen LogP contribution in [0.4, 0.5) is 0 Å². The van der Waals surface area contributed by atoms with Crippen molar-refractivity contribution in [2.75, 3.05) is 6.54 Å². The van der Waals surface area contributed by atoms with E-state index < -0.39 is 0 Å². The van der Waals surface area contributed by atoms with Crippen LogP contribution in [0.15, 0.2) is 0 Å². The maximum absolute atomic E-state index is 11.4. The van der Waals surface area contributed by atoms with Gasteiger partial charge in [0.05, 0.1) is 6.04 Å². The second-order valence-corrected chi connectivity index (χ2v) is 6.69. The second-order valence-electron chi connectivity index (χ2n) is 6.69. The molecule has 3 atom stereocenters. The average molecular weight is 236 g/mol. The van der Waals surface area contributed by atoms with Crippen molar-refractivity contribution in [3.05, 3.63) is 0 Å². The van der Waals surface area contributed by atoms with Crippen LogP contribution in [-0.2, 0) is 4.79 Å². The van der Waals surface area contributed by atoms with Crippen molar-refractivity contribution < 1.29 is 4.79 Å². The van der Waals surface area contributed by atoms with Crippen molar-refractivity contribution in [3.63, 3.8) is 0 Å². The van der Waals surface area contributed by atoms with Gasteiger partial charge < -0.3 is 5.73 Å². The number of piperidine rings is 1. The standard InChI is InChI=1S/C14H24N2O/c1-8(2)10-5-9(6-10)7-16-12-4-3-11(12)13(16)14(15)17/h8-13H,3-7H2,1-2H3,(H2,15,17)/t9-,10+,11?,12-,13+/m0/s1. The van der Waals surface area contributed by atoms with Crippen LogP contribution in [0.5, 0.6) is 0 Å². The molecule has 3 rings (SSSR count). The molecule has 0 aromatic carbocycles. The zero-order chi connectivity index (χ0) is 12.2. The van der Waals surface area contributed by atoms with E-state index in [0.717, 1.165) is 24.3 Å². The topological polar surface area (TPSA) is 46.3 Å². The first-order chi connectivity index (χ1) is 8.08. The quantitative estimate of drug-likeness (QED) is 0.806. The van der Waals surface area contributed by atoms with Gasteiger partial charge in [0.1, 0.15) is 0 Å². The number of nitrogens with zero attached hydrogens (tertiary/aromatic N) is 1. The summed E-state index contributed by atoms with van der Waals surface area (Å²) in [6, 6.07) is 0.775. The number of rotatable bonds is 4. The van der Waals surface area contributed by atoms with E-state index in [0.29, 0.717) is 12.0 Å². The third-order valence-electron chi connectivity index (χ3n) is 5.45. The lowest BCUT2D eigenvalue weighted by atomic mass is 9.63. The zero-order valence-corrected chi connectivity index (χ0v) is 10.9. The number of primary amides is 1. The molecule has 1 amide bonds. The normalized spacial score (nSPS) is 44.5. The molecule has 3 nitrogen and oxygen atoms in total. The molecule has 2 aliphatic carbocycles. The predicted molar refractivity (Wildman–Crippen MR) is 67.3 cm³/mol. The van der Waals surface area contributed by atoms with Crippen molar-refractivity contribution in [2.45, 2.75) is 51.6 Å². The highest BCUT2D eigenvalue weighted by Crippen LogP contribution is 2.49. The Balaban J connectivity index is 1.51. The van der Waals surface area contributed by atoms with Crippen LogP contribution >= 0.6 is 0 Å². The molecule has 2 N–H and O–H groups in total. The zero-order valence-electron chi connectivity index (χ0n) is 10.9. The minimum absolute atomic E-state index is 0.0758. The average Bonchev–Trinajstić information content (AvgIpc) is 2.13. The van der Waals surface area contributed by atoms with Crippen LogP contribution in [0.1, 0.15) is 39.5 Å². The summed E-state index contributed by atoms with van der Waals surface area (Å²) >= 11 is 0. The van der Waals surface area contributed by atoms with Gasteiger partial charge >= 0.3 is 0 Å². The van der Waals surface area contributed by atoms with E-state index in [1.807, 2.05) is 0 Å². The summed E-state index contributed by atoms with van der Waals surface area (Å²) in [5.41, 5.74) is 5.50. The summed E-state index contributed by atoms with van der Waals surface area (Å²) in [5.74, 6) is 3.08. The van der Waals surface area contributed by atoms with Crippen molar-refractivity contribution in [3.8, 4) is 0 Å². The fourth-order valence-corrected chi connectivity index (χ4v) is 4.04. The highest BCUT2D eigenvalue weighted by atomic mass is 16.1. The summed E-state index contributed by atoms with van der Waals surface area (Å²) in [6.07, 6.45) is 5.22. The molecule has 1 heterocycles. The lowest BCUT2D eigenvalue weighted by Gasteiger charge is -2.62. The highest BCUT2D eigenvalue weighted by molar-refractivity contribution is 5.82. The van der Waals surface area contributed by atoms with E-state index in [1.165, 1.54) is 25.7 Å². The first kappa shape index (κ1) is 11.5. The molecule has 1 unspecified atom stereocenters. The van der Waals surface area contributed by atoms with Gasteiger partial charge in [-0.05, 0) is 49.4 Å². The van der Waals surface area contributed by atoms with E-state index in [1.54, 1.807) is 0 Å². The molecule has 3 aliphatic rings. The summed E-state index contributed by atoms with van der Waals surface area (Å²) in [4.78, 5) is 13.8. The summed E-state index contributed by atoms with van der Waals surface area (Å²) in [7, 11) is 0. The largest absolute Gasteiger partial charge is 0.368 e. The molecule has 3 heteroatoms. The van der Waals surface area contributed by atoms with Gasteiger partial charge in [0.2, 0.25) is 5.91 Å². The first-order valence-corrected chi connectivity index (χ1v) is 7.13. The number of carbonyl (C=O) groups is 1. The Bertz CT molecular complexity index is 322. The Morgan fingerprint density at radius 2 is 2.06 bits per heavy atom. The Morgan fingerprint density at radius 3 is 2.53 bits per heavy atom. The van der Waals surface area contributed by atoms with Gasteiger partial charge in [-0.1, -0.05) is 13.8 Å². The van der Waals surface area contributed by atoms with Crippen molar-refractivity contribution in [2.24, 2.45) is 29.4 Å². The minimum Gasteiger partial charge on any atom is -0.368 e. The lowest BCUT2D eigenvalue weighted by molar-refractivity contribution is -0.161. The second kappa shape index (κ2) is 3.98. The number of hydrogen-bond acceptors (Lipinski definition) is 2. The van der Waals surface area contributed by atoms with E-state index in [9.17, 15) is 4.79 Å². The van der Waals surface area contributed by atoms with E-state index >= 15 is 0 Å². The van der Waals surface area contributed by atoms with E-state index in [4.69, 9.17) is 5.73 Å². The third kappa shape index (κ3) is 1.70. The monoisotopic (exact) mass is 236 g/mol. The fourth-order valence-electron chi connectivity index (χ4n) is 4.04. The number of carbonyl (C=O) groups excluding carboxylic acids is 1. The molecule has 0 radical (unpaired) electrons. The molecular formula is C14H24N2O. The molecule has 0 bridgehead atoms. The fraction of sp³-hybridized carbons (Fsp3) is 0.929. The van der Waals surface area contributed by atoms with Gasteiger partial charge in [-0.3, -0.25) is 9.69 Å². The Morgan fingerprint density at radius 1 is 1.35 bits per heavy atom. The molecule has 0 aromatic rings. The number of amides is 1. The maximum atomic E-state index is 11.4. The summed E-state index contributed by atoms with van der Waals surface area (Å²) in [5, 5.41) is 0. The van der Waals surface area contributed by atoms with Crippen LogP contribution in [0.25, 0.3) is 0 Å². The van der Waals surface area contributed by atoms with Gasteiger partial charge in [-0.15, -0.1) is 0 Å². The van der Waals surface area contributed by atoms with Gasteiger partial charge in [-0.25, -0.2) is 0 Å². The molecule has 1 aliphatic heterocycles. The molecule has 96 valence electrons. The maximum Gasteiger partial charge on any atom is 0.235 e. The molecule has 2 saturated carbocycles. The number of hydrogen-bond donors (Lipinski definition) is 1. The third-order valence-corrected chi connectivity index (χ3v) is 5.45. The molecular weight excluding hydrogens is 212 g/mol. The van der Waals surface area contributed by atoms with Crippen LogP contribution in [0.3, 0.4) is 0 Å². The first-order valence-electron chi connectivity index (χ1n) is 7.13. The summed E-state index contributed by atoms with van der Waals surface area (Å²) < 4.78 is 0. The SMILES string of the molecule is CC(C)[C@H]1C[C@@H](CN2[C@H]3CCC3[C@@H]2C(N)=O)C1. The van der Waals surface area contributed by atoms with Crippen LogP contribution < -0.4 is 5.73 Å². The minimum atomic E-state index is -0.0920. The molecule has 0 spiro atoms. The molecule has 1 saturated heterocycles.